The Balaban J connectivity index is 2.05. The highest BCUT2D eigenvalue weighted by Gasteiger charge is 2.31. The van der Waals surface area contributed by atoms with E-state index < -0.39 is 8.07 Å². The molecule has 0 bridgehead atoms. The van der Waals surface area contributed by atoms with Crippen LogP contribution >= 0.6 is 0 Å². The molecule has 0 saturated carbocycles. The first-order valence-electron chi connectivity index (χ1n) is 5.57. The van der Waals surface area contributed by atoms with E-state index in [4.69, 9.17) is 4.74 Å². The molecule has 1 fully saturated rings. The number of hydrogen-bond acceptors (Lipinski definition) is 2. The third kappa shape index (κ3) is 2.44. The van der Waals surface area contributed by atoms with Crippen molar-refractivity contribution in [1.29, 1.82) is 0 Å². The SMILES string of the molecule is C[Si](C)(C[C@@H]1COC(=O)N1)c1ccccc1. The fourth-order valence-corrected chi connectivity index (χ4v) is 4.94. The van der Waals surface area contributed by atoms with Gasteiger partial charge in [0.1, 0.15) is 6.61 Å². The number of amides is 1. The van der Waals surface area contributed by atoms with E-state index in [2.05, 4.69) is 42.7 Å². The molecule has 0 spiro atoms. The van der Waals surface area contributed by atoms with E-state index in [1.807, 2.05) is 6.07 Å². The van der Waals surface area contributed by atoms with Gasteiger partial charge in [-0.1, -0.05) is 48.6 Å². The zero-order chi connectivity index (χ0) is 11.6. The van der Waals surface area contributed by atoms with Crippen molar-refractivity contribution in [2.24, 2.45) is 0 Å². The summed E-state index contributed by atoms with van der Waals surface area (Å²) >= 11 is 0. The van der Waals surface area contributed by atoms with Gasteiger partial charge >= 0.3 is 6.09 Å². The van der Waals surface area contributed by atoms with Gasteiger partial charge in [-0.3, -0.25) is 0 Å². The molecule has 0 aromatic heterocycles. The monoisotopic (exact) mass is 235 g/mol. The van der Waals surface area contributed by atoms with E-state index in [9.17, 15) is 4.79 Å². The van der Waals surface area contributed by atoms with Gasteiger partial charge in [0.05, 0.1) is 14.1 Å². The third-order valence-electron chi connectivity index (χ3n) is 3.05. The molecular weight excluding hydrogens is 218 g/mol. The summed E-state index contributed by atoms with van der Waals surface area (Å²) in [7, 11) is -1.47. The Morgan fingerprint density at radius 1 is 1.38 bits per heavy atom. The van der Waals surface area contributed by atoms with E-state index in [1.165, 1.54) is 5.19 Å². The Labute approximate surface area is 96.8 Å². The minimum Gasteiger partial charge on any atom is -0.447 e. The molecule has 1 aromatic carbocycles. The Bertz CT molecular complexity index is 378. The molecule has 0 radical (unpaired) electrons. The first kappa shape index (κ1) is 11.2. The number of rotatable bonds is 3. The van der Waals surface area contributed by atoms with Gasteiger partial charge in [0.25, 0.3) is 0 Å². The van der Waals surface area contributed by atoms with E-state index in [1.54, 1.807) is 0 Å². The summed E-state index contributed by atoms with van der Waals surface area (Å²) in [6.45, 7) is 5.17. The summed E-state index contributed by atoms with van der Waals surface area (Å²) in [4.78, 5) is 11.0. The molecule has 1 atom stereocenters. The van der Waals surface area contributed by atoms with Crippen LogP contribution in [0.3, 0.4) is 0 Å². The summed E-state index contributed by atoms with van der Waals surface area (Å²) in [6, 6.07) is 11.8. The van der Waals surface area contributed by atoms with Crippen molar-refractivity contribution in [3.05, 3.63) is 30.3 Å². The van der Waals surface area contributed by atoms with Crippen LogP contribution in [0, 0.1) is 0 Å². The second-order valence-electron chi connectivity index (χ2n) is 4.89. The largest absolute Gasteiger partial charge is 0.447 e. The number of carbonyl (C=O) groups is 1. The molecule has 1 aromatic rings. The summed E-state index contributed by atoms with van der Waals surface area (Å²) in [5, 5.41) is 4.28. The summed E-state index contributed by atoms with van der Waals surface area (Å²) in [5.41, 5.74) is 0. The van der Waals surface area contributed by atoms with Gasteiger partial charge in [0.2, 0.25) is 0 Å². The average molecular weight is 235 g/mol. The number of cyclic esters (lactones) is 1. The van der Waals surface area contributed by atoms with Gasteiger partial charge in [-0.25, -0.2) is 4.79 Å². The first-order valence-corrected chi connectivity index (χ1v) is 8.77. The number of benzene rings is 1. The second kappa shape index (κ2) is 4.29. The predicted molar refractivity (Wildman–Crippen MR) is 66.6 cm³/mol. The number of hydrogen-bond donors (Lipinski definition) is 1. The smallest absolute Gasteiger partial charge is 0.407 e. The molecule has 0 unspecified atom stereocenters. The van der Waals surface area contributed by atoms with E-state index >= 15 is 0 Å². The molecule has 1 aliphatic rings. The van der Waals surface area contributed by atoms with Gasteiger partial charge in [-0.05, 0) is 6.04 Å². The van der Waals surface area contributed by atoms with Crippen LogP contribution in [-0.4, -0.2) is 26.8 Å². The Kier molecular flexibility index (Phi) is 3.00. The van der Waals surface area contributed by atoms with Crippen molar-refractivity contribution in [2.75, 3.05) is 6.61 Å². The molecule has 1 saturated heterocycles. The number of alkyl carbamates (subject to hydrolysis) is 1. The minimum absolute atomic E-state index is 0.189. The minimum atomic E-state index is -1.47. The van der Waals surface area contributed by atoms with Crippen LogP contribution < -0.4 is 10.5 Å². The lowest BCUT2D eigenvalue weighted by atomic mass is 10.4. The van der Waals surface area contributed by atoms with Crippen LogP contribution in [0.25, 0.3) is 0 Å². The molecule has 1 heterocycles. The van der Waals surface area contributed by atoms with Crippen molar-refractivity contribution < 1.29 is 9.53 Å². The Hall–Kier alpha value is -1.29. The Morgan fingerprint density at radius 2 is 2.06 bits per heavy atom. The maximum Gasteiger partial charge on any atom is 0.407 e. The lowest BCUT2D eigenvalue weighted by molar-refractivity contribution is 0.177. The van der Waals surface area contributed by atoms with Gasteiger partial charge in [-0.15, -0.1) is 0 Å². The van der Waals surface area contributed by atoms with Crippen molar-refractivity contribution >= 4 is 19.4 Å². The van der Waals surface area contributed by atoms with Crippen LogP contribution in [0.2, 0.25) is 19.1 Å². The van der Waals surface area contributed by atoms with Gasteiger partial charge in [-0.2, -0.15) is 0 Å². The van der Waals surface area contributed by atoms with Crippen molar-refractivity contribution in [2.45, 2.75) is 25.2 Å². The zero-order valence-electron chi connectivity index (χ0n) is 9.69. The molecule has 1 amide bonds. The third-order valence-corrected chi connectivity index (χ3v) is 6.46. The fourth-order valence-electron chi connectivity index (χ4n) is 2.16. The molecule has 2 rings (SSSR count). The molecule has 0 aliphatic carbocycles. The predicted octanol–water partition coefficient (Wildman–Crippen LogP) is 1.71. The topological polar surface area (TPSA) is 38.3 Å². The van der Waals surface area contributed by atoms with Crippen LogP contribution in [0.15, 0.2) is 30.3 Å². The second-order valence-corrected chi connectivity index (χ2v) is 9.65. The van der Waals surface area contributed by atoms with E-state index in [0.717, 1.165) is 6.04 Å². The van der Waals surface area contributed by atoms with Gasteiger partial charge in [0.15, 0.2) is 0 Å². The number of carbonyl (C=O) groups excluding carboxylic acids is 1. The van der Waals surface area contributed by atoms with Crippen LogP contribution in [0.1, 0.15) is 0 Å². The van der Waals surface area contributed by atoms with E-state index in [0.29, 0.717) is 6.61 Å². The molecular formula is C12H17NO2Si. The maximum atomic E-state index is 11.0. The average Bonchev–Trinajstić information content (AvgIpc) is 2.64. The molecule has 1 N–H and O–H groups in total. The number of nitrogens with one attached hydrogen (secondary N) is 1. The standard InChI is InChI=1S/C12H17NO2Si/c1-16(2,11-6-4-3-5-7-11)9-10-8-15-12(14)13-10/h3-7,10H,8-9H2,1-2H3,(H,13,14)/t10-/m0/s1. The highest BCUT2D eigenvalue weighted by Crippen LogP contribution is 2.15. The summed E-state index contributed by atoms with van der Waals surface area (Å²) in [6.07, 6.45) is -0.275. The van der Waals surface area contributed by atoms with Crippen LogP contribution in [0.5, 0.6) is 0 Å². The quantitative estimate of drug-likeness (QED) is 0.810. The Morgan fingerprint density at radius 3 is 2.62 bits per heavy atom. The fraction of sp³-hybridized carbons (Fsp3) is 0.417. The number of ether oxygens (including phenoxy) is 1. The zero-order valence-corrected chi connectivity index (χ0v) is 10.7. The molecule has 4 heteroatoms. The van der Waals surface area contributed by atoms with Crippen LogP contribution in [0.4, 0.5) is 4.79 Å². The molecule has 3 nitrogen and oxygen atoms in total. The highest BCUT2D eigenvalue weighted by molar-refractivity contribution is 6.89. The van der Waals surface area contributed by atoms with E-state index in [-0.39, 0.29) is 12.1 Å². The normalized spacial score (nSPS) is 20.4. The molecule has 86 valence electrons. The first-order chi connectivity index (χ1) is 7.58. The van der Waals surface area contributed by atoms with Crippen molar-refractivity contribution in [3.8, 4) is 0 Å². The van der Waals surface area contributed by atoms with Crippen LogP contribution in [-0.2, 0) is 4.74 Å². The van der Waals surface area contributed by atoms with Gasteiger partial charge in [0, 0.05) is 0 Å². The van der Waals surface area contributed by atoms with Crippen molar-refractivity contribution in [1.82, 2.24) is 5.32 Å². The van der Waals surface area contributed by atoms with Gasteiger partial charge < -0.3 is 10.1 Å². The molecule has 16 heavy (non-hydrogen) atoms. The molecule has 1 aliphatic heterocycles. The van der Waals surface area contributed by atoms with Crippen molar-refractivity contribution in [3.63, 3.8) is 0 Å². The lowest BCUT2D eigenvalue weighted by Gasteiger charge is -2.25. The summed E-state index contributed by atoms with van der Waals surface area (Å²) < 4.78 is 4.92. The highest BCUT2D eigenvalue weighted by atomic mass is 28.3. The maximum absolute atomic E-state index is 11.0. The lowest BCUT2D eigenvalue weighted by Crippen LogP contribution is -2.46. The summed E-state index contributed by atoms with van der Waals surface area (Å²) in [5.74, 6) is 0.